The number of rotatable bonds is 5. The summed E-state index contributed by atoms with van der Waals surface area (Å²) < 4.78 is 22.1. The molecule has 5 heteroatoms. The van der Waals surface area contributed by atoms with Crippen LogP contribution >= 0.6 is 0 Å². The second-order valence-electron chi connectivity index (χ2n) is 5.25. The molecule has 1 unspecified atom stereocenters. The molecule has 1 fully saturated rings. The van der Waals surface area contributed by atoms with Crippen LogP contribution in [0.5, 0.6) is 0 Å². The average molecular weight is 263 g/mol. The van der Waals surface area contributed by atoms with E-state index >= 15 is 0 Å². The maximum atomic E-state index is 11.1. The highest BCUT2D eigenvalue weighted by atomic mass is 32.2. The molecule has 1 atom stereocenters. The van der Waals surface area contributed by atoms with Gasteiger partial charge in [-0.3, -0.25) is 0 Å². The molecule has 102 valence electrons. The van der Waals surface area contributed by atoms with Crippen molar-refractivity contribution in [2.45, 2.75) is 44.6 Å². The molecule has 0 radical (unpaired) electrons. The van der Waals surface area contributed by atoms with Crippen LogP contribution in [0.15, 0.2) is 0 Å². The van der Waals surface area contributed by atoms with Gasteiger partial charge < -0.3 is 10.0 Å². The molecule has 0 aromatic carbocycles. The van der Waals surface area contributed by atoms with E-state index in [-0.39, 0.29) is 5.75 Å². The van der Waals surface area contributed by atoms with Gasteiger partial charge in [-0.05, 0) is 45.2 Å². The Hall–Kier alpha value is -0.130. The van der Waals surface area contributed by atoms with Gasteiger partial charge in [0.05, 0.1) is 5.60 Å². The Kier molecular flexibility index (Phi) is 5.41. The maximum absolute atomic E-state index is 11.1. The van der Waals surface area contributed by atoms with Crippen LogP contribution in [0.3, 0.4) is 0 Å². The van der Waals surface area contributed by atoms with Crippen molar-refractivity contribution < 1.29 is 13.5 Å². The third-order valence-corrected chi connectivity index (χ3v) is 4.64. The number of hydrogen-bond donors (Lipinski definition) is 1. The smallest absolute Gasteiger partial charge is 0.147 e. The van der Waals surface area contributed by atoms with Crippen molar-refractivity contribution in [1.82, 2.24) is 4.90 Å². The Labute approximate surface area is 105 Å². The number of sulfone groups is 1. The second kappa shape index (κ2) is 6.16. The first kappa shape index (κ1) is 14.9. The predicted molar refractivity (Wildman–Crippen MR) is 69.9 cm³/mol. The van der Waals surface area contributed by atoms with E-state index in [4.69, 9.17) is 0 Å². The molecule has 0 saturated carbocycles. The first-order valence-electron chi connectivity index (χ1n) is 6.47. The topological polar surface area (TPSA) is 57.6 Å². The van der Waals surface area contributed by atoms with E-state index in [1.807, 2.05) is 0 Å². The maximum Gasteiger partial charge on any atom is 0.147 e. The molecule has 0 aromatic heterocycles. The van der Waals surface area contributed by atoms with E-state index in [1.54, 1.807) is 0 Å². The van der Waals surface area contributed by atoms with Crippen LogP contribution in [-0.4, -0.2) is 55.7 Å². The van der Waals surface area contributed by atoms with Crippen LogP contribution in [0.25, 0.3) is 0 Å². The highest BCUT2D eigenvalue weighted by Gasteiger charge is 2.29. The average Bonchev–Trinajstić information content (AvgIpc) is 2.38. The quantitative estimate of drug-likeness (QED) is 0.805. The summed E-state index contributed by atoms with van der Waals surface area (Å²) in [6, 6.07) is 0. The van der Waals surface area contributed by atoms with E-state index in [0.717, 1.165) is 38.9 Å². The lowest BCUT2D eigenvalue weighted by Gasteiger charge is -2.26. The molecule has 1 aliphatic rings. The van der Waals surface area contributed by atoms with Gasteiger partial charge >= 0.3 is 0 Å². The summed E-state index contributed by atoms with van der Waals surface area (Å²) in [5.41, 5.74) is -0.644. The zero-order chi connectivity index (χ0) is 12.9. The van der Waals surface area contributed by atoms with Gasteiger partial charge in [-0.15, -0.1) is 0 Å². The van der Waals surface area contributed by atoms with Crippen LogP contribution < -0.4 is 0 Å². The number of aliphatic hydroxyl groups is 1. The summed E-state index contributed by atoms with van der Waals surface area (Å²) in [5.74, 6) is 0.187. The number of hydrogen-bond acceptors (Lipinski definition) is 4. The van der Waals surface area contributed by atoms with Crippen molar-refractivity contribution in [1.29, 1.82) is 0 Å². The normalized spacial score (nSPS) is 27.9. The van der Waals surface area contributed by atoms with E-state index < -0.39 is 15.4 Å². The van der Waals surface area contributed by atoms with Crippen molar-refractivity contribution >= 4 is 9.84 Å². The third kappa shape index (κ3) is 5.84. The molecule has 1 heterocycles. The molecule has 4 nitrogen and oxygen atoms in total. The molecule has 0 aromatic rings. The molecule has 0 bridgehead atoms. The minimum atomic E-state index is -2.90. The molecule has 0 spiro atoms. The van der Waals surface area contributed by atoms with Crippen molar-refractivity contribution in [3.63, 3.8) is 0 Å². The SMILES string of the molecule is CCN1CCCC(O)(CCCS(C)(=O)=O)CC1. The van der Waals surface area contributed by atoms with E-state index in [1.165, 1.54) is 6.26 Å². The fraction of sp³-hybridized carbons (Fsp3) is 1.00. The van der Waals surface area contributed by atoms with E-state index in [0.29, 0.717) is 12.8 Å². The van der Waals surface area contributed by atoms with Gasteiger partial charge in [0.2, 0.25) is 0 Å². The van der Waals surface area contributed by atoms with Crippen molar-refractivity contribution in [2.75, 3.05) is 31.6 Å². The van der Waals surface area contributed by atoms with Gasteiger partial charge in [-0.25, -0.2) is 8.42 Å². The lowest BCUT2D eigenvalue weighted by molar-refractivity contribution is 0.0166. The summed E-state index contributed by atoms with van der Waals surface area (Å²) in [6.45, 7) is 5.13. The van der Waals surface area contributed by atoms with Gasteiger partial charge in [0, 0.05) is 18.6 Å². The first-order valence-corrected chi connectivity index (χ1v) is 8.53. The molecular formula is C12H25NO3S. The Morgan fingerprint density at radius 1 is 1.29 bits per heavy atom. The first-order chi connectivity index (χ1) is 7.85. The van der Waals surface area contributed by atoms with Crippen molar-refractivity contribution in [2.24, 2.45) is 0 Å². The molecule has 1 aliphatic heterocycles. The van der Waals surface area contributed by atoms with Crippen LogP contribution in [0.2, 0.25) is 0 Å². The molecular weight excluding hydrogens is 238 g/mol. The zero-order valence-corrected chi connectivity index (χ0v) is 11.8. The molecule has 1 saturated heterocycles. The number of likely N-dealkylation sites (tertiary alicyclic amines) is 1. The molecule has 17 heavy (non-hydrogen) atoms. The molecule has 1 rings (SSSR count). The Bertz CT molecular complexity index is 329. The zero-order valence-electron chi connectivity index (χ0n) is 11.0. The third-order valence-electron chi connectivity index (χ3n) is 3.61. The van der Waals surface area contributed by atoms with Crippen LogP contribution in [0, 0.1) is 0 Å². The molecule has 0 amide bonds. The lowest BCUT2D eigenvalue weighted by atomic mass is 9.90. The Balaban J connectivity index is 2.40. The van der Waals surface area contributed by atoms with Gasteiger partial charge in [-0.2, -0.15) is 0 Å². The van der Waals surface area contributed by atoms with Gasteiger partial charge in [-0.1, -0.05) is 6.92 Å². The highest BCUT2D eigenvalue weighted by molar-refractivity contribution is 7.90. The van der Waals surface area contributed by atoms with Crippen LogP contribution in [-0.2, 0) is 9.84 Å². The summed E-state index contributed by atoms with van der Waals surface area (Å²) in [5, 5.41) is 10.4. The minimum Gasteiger partial charge on any atom is -0.390 e. The summed E-state index contributed by atoms with van der Waals surface area (Å²) in [4.78, 5) is 2.34. The van der Waals surface area contributed by atoms with E-state index in [2.05, 4.69) is 11.8 Å². The fourth-order valence-corrected chi connectivity index (χ4v) is 3.13. The van der Waals surface area contributed by atoms with Crippen LogP contribution in [0.4, 0.5) is 0 Å². The van der Waals surface area contributed by atoms with E-state index in [9.17, 15) is 13.5 Å². The number of nitrogens with zero attached hydrogens (tertiary/aromatic N) is 1. The monoisotopic (exact) mass is 263 g/mol. The predicted octanol–water partition coefficient (Wildman–Crippen LogP) is 1.05. The summed E-state index contributed by atoms with van der Waals surface area (Å²) >= 11 is 0. The van der Waals surface area contributed by atoms with Crippen molar-refractivity contribution in [3.8, 4) is 0 Å². The highest BCUT2D eigenvalue weighted by Crippen LogP contribution is 2.27. The largest absolute Gasteiger partial charge is 0.390 e. The lowest BCUT2D eigenvalue weighted by Crippen LogP contribution is -2.31. The van der Waals surface area contributed by atoms with Gasteiger partial charge in [0.1, 0.15) is 9.84 Å². The molecule has 1 N–H and O–H groups in total. The van der Waals surface area contributed by atoms with Gasteiger partial charge in [0.25, 0.3) is 0 Å². The standard InChI is InChI=1S/C12H25NO3S/c1-3-13-9-4-6-12(14,8-10-13)7-5-11-17(2,15)16/h14H,3-11H2,1-2H3. The summed E-state index contributed by atoms with van der Waals surface area (Å²) in [7, 11) is -2.90. The Morgan fingerprint density at radius 3 is 2.59 bits per heavy atom. The van der Waals surface area contributed by atoms with Crippen LogP contribution in [0.1, 0.15) is 39.0 Å². The van der Waals surface area contributed by atoms with Gasteiger partial charge in [0.15, 0.2) is 0 Å². The Morgan fingerprint density at radius 2 is 2.00 bits per heavy atom. The minimum absolute atomic E-state index is 0.187. The second-order valence-corrected chi connectivity index (χ2v) is 7.51. The van der Waals surface area contributed by atoms with Crippen molar-refractivity contribution in [3.05, 3.63) is 0 Å². The molecule has 0 aliphatic carbocycles. The summed E-state index contributed by atoms with van der Waals surface area (Å²) in [6.07, 6.45) is 5.00. The fourth-order valence-electron chi connectivity index (χ4n) is 2.46.